The highest BCUT2D eigenvalue weighted by Crippen LogP contribution is 2.16. The van der Waals surface area contributed by atoms with Crippen molar-refractivity contribution in [1.82, 2.24) is 10.6 Å². The van der Waals surface area contributed by atoms with E-state index in [9.17, 15) is 0 Å². The van der Waals surface area contributed by atoms with Gasteiger partial charge in [0.25, 0.3) is 0 Å². The fourth-order valence-corrected chi connectivity index (χ4v) is 1.79. The molecule has 1 rings (SSSR count). The molecule has 1 aromatic carbocycles. The number of para-hydroxylation sites is 1. The number of ether oxygens (including phenoxy) is 1. The maximum atomic E-state index is 5.33. The molecule has 0 radical (unpaired) electrons. The van der Waals surface area contributed by atoms with E-state index in [1.807, 2.05) is 18.2 Å². The minimum atomic E-state index is 0.452. The summed E-state index contributed by atoms with van der Waals surface area (Å²) >= 11 is 0. The Labute approximate surface area is 111 Å². The number of hydrogen-bond acceptors (Lipinski definition) is 3. The lowest BCUT2D eigenvalue weighted by molar-refractivity contribution is 0.404. The molecule has 0 bridgehead atoms. The molecule has 0 saturated heterocycles. The molecule has 2 N–H and O–H groups in total. The van der Waals surface area contributed by atoms with E-state index in [4.69, 9.17) is 4.74 Å². The van der Waals surface area contributed by atoms with Crippen molar-refractivity contribution in [2.75, 3.05) is 20.2 Å². The van der Waals surface area contributed by atoms with E-state index >= 15 is 0 Å². The average Bonchev–Trinajstić information content (AvgIpc) is 2.36. The highest BCUT2D eigenvalue weighted by Gasteiger charge is 2.05. The largest absolute Gasteiger partial charge is 0.496 e. The molecule has 3 heteroatoms. The average molecular weight is 250 g/mol. The van der Waals surface area contributed by atoms with E-state index in [0.29, 0.717) is 12.0 Å². The summed E-state index contributed by atoms with van der Waals surface area (Å²) in [5, 5.41) is 6.96. The fourth-order valence-electron chi connectivity index (χ4n) is 1.79. The summed E-state index contributed by atoms with van der Waals surface area (Å²) in [5.41, 5.74) is 1.20. The maximum absolute atomic E-state index is 5.33. The molecule has 0 amide bonds. The van der Waals surface area contributed by atoms with Crippen molar-refractivity contribution in [3.05, 3.63) is 29.8 Å². The maximum Gasteiger partial charge on any atom is 0.123 e. The van der Waals surface area contributed by atoms with E-state index in [1.54, 1.807) is 7.11 Å². The Morgan fingerprint density at radius 3 is 2.50 bits per heavy atom. The summed E-state index contributed by atoms with van der Waals surface area (Å²) < 4.78 is 5.33. The van der Waals surface area contributed by atoms with Gasteiger partial charge >= 0.3 is 0 Å². The molecule has 18 heavy (non-hydrogen) atoms. The van der Waals surface area contributed by atoms with Crippen molar-refractivity contribution < 1.29 is 4.74 Å². The Hall–Kier alpha value is -1.06. The van der Waals surface area contributed by atoms with E-state index in [-0.39, 0.29) is 0 Å². The first kappa shape index (κ1) is 15.0. The molecule has 0 aromatic heterocycles. The number of methoxy groups -OCH3 is 1. The third-order valence-corrected chi connectivity index (χ3v) is 2.84. The molecule has 0 spiro atoms. The van der Waals surface area contributed by atoms with Crippen molar-refractivity contribution in [1.29, 1.82) is 0 Å². The second-order valence-corrected chi connectivity index (χ2v) is 5.15. The van der Waals surface area contributed by atoms with Gasteiger partial charge < -0.3 is 15.4 Å². The van der Waals surface area contributed by atoms with Gasteiger partial charge in [0, 0.05) is 24.7 Å². The van der Waals surface area contributed by atoms with Crippen LogP contribution in [0.5, 0.6) is 5.75 Å². The molecule has 102 valence electrons. The number of rotatable bonds is 8. The van der Waals surface area contributed by atoms with Crippen LogP contribution in [0.2, 0.25) is 0 Å². The van der Waals surface area contributed by atoms with Gasteiger partial charge in [0.05, 0.1) is 7.11 Å². The smallest absolute Gasteiger partial charge is 0.123 e. The Bertz CT molecular complexity index is 339. The first-order chi connectivity index (χ1) is 8.63. The summed E-state index contributed by atoms with van der Waals surface area (Å²) in [5.74, 6) is 1.65. The van der Waals surface area contributed by atoms with E-state index in [2.05, 4.69) is 37.5 Å². The van der Waals surface area contributed by atoms with E-state index < -0.39 is 0 Å². The quantitative estimate of drug-likeness (QED) is 0.743. The van der Waals surface area contributed by atoms with Crippen LogP contribution in [0.4, 0.5) is 0 Å². The van der Waals surface area contributed by atoms with Gasteiger partial charge in [-0.2, -0.15) is 0 Å². The Kier molecular flexibility index (Phi) is 6.76. The number of benzene rings is 1. The highest BCUT2D eigenvalue weighted by atomic mass is 16.5. The van der Waals surface area contributed by atoms with Gasteiger partial charge in [-0.15, -0.1) is 0 Å². The third kappa shape index (κ3) is 5.52. The van der Waals surface area contributed by atoms with Crippen LogP contribution < -0.4 is 15.4 Å². The van der Waals surface area contributed by atoms with Crippen molar-refractivity contribution in [2.24, 2.45) is 5.92 Å². The van der Waals surface area contributed by atoms with Gasteiger partial charge in [0.2, 0.25) is 0 Å². The summed E-state index contributed by atoms with van der Waals surface area (Å²) in [6.45, 7) is 9.55. The standard InChI is InChI=1S/C15H26N2O/c1-12(2)9-16-10-13(3)17-11-14-7-5-6-8-15(14)18-4/h5-8,12-13,16-17H,9-11H2,1-4H3. The van der Waals surface area contributed by atoms with Gasteiger partial charge in [0.15, 0.2) is 0 Å². The van der Waals surface area contributed by atoms with E-state index in [0.717, 1.165) is 25.4 Å². The van der Waals surface area contributed by atoms with Crippen LogP contribution in [0.1, 0.15) is 26.3 Å². The van der Waals surface area contributed by atoms with Crippen molar-refractivity contribution in [3.8, 4) is 5.75 Å². The van der Waals surface area contributed by atoms with Crippen molar-refractivity contribution in [2.45, 2.75) is 33.4 Å². The number of nitrogens with one attached hydrogen (secondary N) is 2. The minimum Gasteiger partial charge on any atom is -0.496 e. The SMILES string of the molecule is COc1ccccc1CNC(C)CNCC(C)C. The molecule has 1 aromatic rings. The zero-order chi connectivity index (χ0) is 13.4. The molecule has 1 atom stereocenters. The van der Waals surface area contributed by atoms with E-state index in [1.165, 1.54) is 5.56 Å². The highest BCUT2D eigenvalue weighted by molar-refractivity contribution is 5.32. The zero-order valence-electron chi connectivity index (χ0n) is 12.0. The molecular weight excluding hydrogens is 224 g/mol. The first-order valence-corrected chi connectivity index (χ1v) is 6.69. The lowest BCUT2D eigenvalue weighted by Gasteiger charge is -2.16. The summed E-state index contributed by atoms with van der Waals surface area (Å²) in [6, 6.07) is 8.59. The second kappa shape index (κ2) is 8.11. The second-order valence-electron chi connectivity index (χ2n) is 5.15. The van der Waals surface area contributed by atoms with Crippen molar-refractivity contribution >= 4 is 0 Å². The van der Waals surface area contributed by atoms with Gasteiger partial charge in [-0.25, -0.2) is 0 Å². The van der Waals surface area contributed by atoms with Crippen LogP contribution in [0.15, 0.2) is 24.3 Å². The minimum absolute atomic E-state index is 0.452. The zero-order valence-corrected chi connectivity index (χ0v) is 12.0. The summed E-state index contributed by atoms with van der Waals surface area (Å²) in [6.07, 6.45) is 0. The molecule has 1 unspecified atom stereocenters. The number of hydrogen-bond donors (Lipinski definition) is 2. The lowest BCUT2D eigenvalue weighted by Crippen LogP contribution is -2.37. The first-order valence-electron chi connectivity index (χ1n) is 6.69. The van der Waals surface area contributed by atoms with Crippen molar-refractivity contribution in [3.63, 3.8) is 0 Å². The van der Waals surface area contributed by atoms with Crippen LogP contribution in [0, 0.1) is 5.92 Å². The predicted octanol–water partition coefficient (Wildman–Crippen LogP) is 2.42. The molecule has 0 aliphatic heterocycles. The predicted molar refractivity (Wildman–Crippen MR) is 77.0 cm³/mol. The van der Waals surface area contributed by atoms with Crippen LogP contribution >= 0.6 is 0 Å². The van der Waals surface area contributed by atoms with Gasteiger partial charge in [-0.05, 0) is 25.5 Å². The molecule has 3 nitrogen and oxygen atoms in total. The molecule has 0 fully saturated rings. The summed E-state index contributed by atoms with van der Waals surface area (Å²) in [4.78, 5) is 0. The Morgan fingerprint density at radius 2 is 1.83 bits per heavy atom. The lowest BCUT2D eigenvalue weighted by atomic mass is 10.2. The molecule has 0 heterocycles. The molecule has 0 saturated carbocycles. The van der Waals surface area contributed by atoms with Crippen LogP contribution in [-0.4, -0.2) is 26.2 Å². The molecular formula is C15H26N2O. The normalized spacial score (nSPS) is 12.7. The van der Waals surface area contributed by atoms with Crippen LogP contribution in [0.25, 0.3) is 0 Å². The van der Waals surface area contributed by atoms with Crippen LogP contribution in [-0.2, 0) is 6.54 Å². The van der Waals surface area contributed by atoms with Crippen LogP contribution in [0.3, 0.4) is 0 Å². The Morgan fingerprint density at radius 1 is 1.11 bits per heavy atom. The van der Waals surface area contributed by atoms with Gasteiger partial charge in [-0.3, -0.25) is 0 Å². The third-order valence-electron chi connectivity index (χ3n) is 2.84. The monoisotopic (exact) mass is 250 g/mol. The summed E-state index contributed by atoms with van der Waals surface area (Å²) in [7, 11) is 1.71. The van der Waals surface area contributed by atoms with Gasteiger partial charge in [0.1, 0.15) is 5.75 Å². The molecule has 0 aliphatic carbocycles. The fraction of sp³-hybridized carbons (Fsp3) is 0.600. The van der Waals surface area contributed by atoms with Gasteiger partial charge in [-0.1, -0.05) is 32.0 Å². The Balaban J connectivity index is 2.31. The topological polar surface area (TPSA) is 33.3 Å². The molecule has 0 aliphatic rings.